The van der Waals surface area contributed by atoms with E-state index >= 15 is 0 Å². The fourth-order valence-electron chi connectivity index (χ4n) is 1.94. The van der Waals surface area contributed by atoms with Crippen molar-refractivity contribution in [1.29, 1.82) is 0 Å². The molecule has 0 spiro atoms. The molecule has 1 saturated heterocycles. The van der Waals surface area contributed by atoms with Crippen LogP contribution in [-0.2, 0) is 4.74 Å². The zero-order valence-corrected chi connectivity index (χ0v) is 11.8. The van der Waals surface area contributed by atoms with Crippen LogP contribution in [0.2, 0.25) is 0 Å². The number of morpholine rings is 1. The van der Waals surface area contributed by atoms with Crippen LogP contribution in [0.3, 0.4) is 0 Å². The number of hydrogen-bond acceptors (Lipinski definition) is 2. The van der Waals surface area contributed by atoms with E-state index in [1.54, 1.807) is 4.90 Å². The largest absolute Gasteiger partial charge is 0.487 e. The summed E-state index contributed by atoms with van der Waals surface area (Å²) in [6.45, 7) is 7.83. The van der Waals surface area contributed by atoms with Gasteiger partial charge in [-0.2, -0.15) is 0 Å². The molecule has 0 unspecified atom stereocenters. The van der Waals surface area contributed by atoms with Gasteiger partial charge >= 0.3 is 0 Å². The van der Waals surface area contributed by atoms with Gasteiger partial charge in [0.15, 0.2) is 0 Å². The van der Waals surface area contributed by atoms with Gasteiger partial charge in [-0.1, -0.05) is 6.07 Å². The molecule has 0 saturated carbocycles. The predicted molar refractivity (Wildman–Crippen MR) is 70.8 cm³/mol. The molecule has 0 radical (unpaired) electrons. The molecule has 4 heteroatoms. The first-order valence-electron chi connectivity index (χ1n) is 6.06. The van der Waals surface area contributed by atoms with E-state index in [1.165, 1.54) is 5.56 Å². The molecule has 0 atom stereocenters. The van der Waals surface area contributed by atoms with Gasteiger partial charge in [-0.15, -0.1) is 0 Å². The molecule has 3 nitrogen and oxygen atoms in total. The van der Waals surface area contributed by atoms with E-state index in [1.807, 2.05) is 6.07 Å². The van der Waals surface area contributed by atoms with Gasteiger partial charge in [-0.05, 0) is 40.5 Å². The first kappa shape index (κ1) is 12.9. The van der Waals surface area contributed by atoms with Gasteiger partial charge in [0.1, 0.15) is 32.0 Å². The van der Waals surface area contributed by atoms with Crippen LogP contribution >= 0.6 is 15.9 Å². The monoisotopic (exact) mass is 300 g/mol. The summed E-state index contributed by atoms with van der Waals surface area (Å²) in [6, 6.07) is 6.17. The summed E-state index contributed by atoms with van der Waals surface area (Å²) in [5, 5.41) is 0. The molecule has 2 rings (SSSR count). The Morgan fingerprint density at radius 2 is 2.12 bits per heavy atom. The van der Waals surface area contributed by atoms with Gasteiger partial charge in [-0.3, -0.25) is 0 Å². The number of hydrogen-bond donors (Lipinski definition) is 1. The lowest BCUT2D eigenvalue weighted by Gasteiger charge is -2.23. The van der Waals surface area contributed by atoms with Crippen LogP contribution in [-0.4, -0.2) is 39.5 Å². The molecule has 0 bridgehead atoms. The Balaban J connectivity index is 1.77. The van der Waals surface area contributed by atoms with Crippen molar-refractivity contribution in [3.8, 4) is 5.75 Å². The Bertz CT molecular complexity index is 364. The minimum Gasteiger partial charge on any atom is -0.487 e. The smallest absolute Gasteiger partial charge is 0.137 e. The summed E-state index contributed by atoms with van der Waals surface area (Å²) in [7, 11) is 0. The molecule has 1 heterocycles. The van der Waals surface area contributed by atoms with Crippen LogP contribution < -0.4 is 9.64 Å². The summed E-state index contributed by atoms with van der Waals surface area (Å²) in [6.07, 6.45) is 0. The molecule has 1 fully saturated rings. The van der Waals surface area contributed by atoms with Gasteiger partial charge in [0.25, 0.3) is 0 Å². The Hall–Kier alpha value is -0.580. The Morgan fingerprint density at radius 1 is 1.35 bits per heavy atom. The topological polar surface area (TPSA) is 22.9 Å². The minimum atomic E-state index is 0.761. The zero-order valence-electron chi connectivity index (χ0n) is 10.2. The molecule has 17 heavy (non-hydrogen) atoms. The summed E-state index contributed by atoms with van der Waals surface area (Å²) < 4.78 is 12.1. The van der Waals surface area contributed by atoms with Gasteiger partial charge in [0.05, 0.1) is 17.7 Å². The SMILES string of the molecule is Cc1ccc(OCC[NH+]2CCOCC2)c(Br)c1. The summed E-state index contributed by atoms with van der Waals surface area (Å²) >= 11 is 3.52. The van der Waals surface area contributed by atoms with E-state index in [-0.39, 0.29) is 0 Å². The van der Waals surface area contributed by atoms with Crippen LogP contribution in [0, 0.1) is 6.92 Å². The third-order valence-electron chi connectivity index (χ3n) is 3.00. The van der Waals surface area contributed by atoms with Crippen LogP contribution in [0.5, 0.6) is 5.75 Å². The summed E-state index contributed by atoms with van der Waals surface area (Å²) in [5.74, 6) is 0.934. The Labute approximate surface area is 111 Å². The fraction of sp³-hybridized carbons (Fsp3) is 0.538. The van der Waals surface area contributed by atoms with Crippen molar-refractivity contribution in [2.45, 2.75) is 6.92 Å². The van der Waals surface area contributed by atoms with Crippen molar-refractivity contribution in [2.75, 3.05) is 39.5 Å². The predicted octanol–water partition coefficient (Wildman–Crippen LogP) is 1.05. The molecule has 94 valence electrons. The highest BCUT2D eigenvalue weighted by molar-refractivity contribution is 9.10. The lowest BCUT2D eigenvalue weighted by molar-refractivity contribution is -0.908. The summed E-state index contributed by atoms with van der Waals surface area (Å²) in [5.41, 5.74) is 1.24. The summed E-state index contributed by atoms with van der Waals surface area (Å²) in [4.78, 5) is 1.57. The average molecular weight is 301 g/mol. The number of aryl methyl sites for hydroxylation is 1. The normalized spacial score (nSPS) is 17.1. The van der Waals surface area contributed by atoms with Crippen molar-refractivity contribution in [3.05, 3.63) is 28.2 Å². The molecular weight excluding hydrogens is 282 g/mol. The van der Waals surface area contributed by atoms with Crippen molar-refractivity contribution in [3.63, 3.8) is 0 Å². The minimum absolute atomic E-state index is 0.761. The van der Waals surface area contributed by atoms with Crippen molar-refractivity contribution >= 4 is 15.9 Å². The number of quaternary nitrogens is 1. The van der Waals surface area contributed by atoms with Crippen LogP contribution in [0.15, 0.2) is 22.7 Å². The van der Waals surface area contributed by atoms with Crippen molar-refractivity contribution in [1.82, 2.24) is 0 Å². The van der Waals surface area contributed by atoms with Gasteiger partial charge < -0.3 is 14.4 Å². The van der Waals surface area contributed by atoms with E-state index in [0.717, 1.165) is 49.7 Å². The number of nitrogens with one attached hydrogen (secondary N) is 1. The van der Waals surface area contributed by atoms with E-state index in [0.29, 0.717) is 0 Å². The lowest BCUT2D eigenvalue weighted by atomic mass is 10.2. The van der Waals surface area contributed by atoms with Crippen LogP contribution in [0.4, 0.5) is 0 Å². The average Bonchev–Trinajstić information content (AvgIpc) is 2.33. The maximum atomic E-state index is 5.79. The number of benzene rings is 1. The standard InChI is InChI=1S/C13H18BrNO2/c1-11-2-3-13(12(14)10-11)17-9-6-15-4-7-16-8-5-15/h2-3,10H,4-9H2,1H3/p+1. The number of ether oxygens (including phenoxy) is 2. The first-order chi connectivity index (χ1) is 8.25. The van der Waals surface area contributed by atoms with Crippen LogP contribution in [0.25, 0.3) is 0 Å². The molecule has 1 N–H and O–H groups in total. The Kier molecular flexibility index (Phi) is 4.83. The van der Waals surface area contributed by atoms with Gasteiger partial charge in [0.2, 0.25) is 0 Å². The van der Waals surface area contributed by atoms with Gasteiger partial charge in [0, 0.05) is 0 Å². The first-order valence-corrected chi connectivity index (χ1v) is 6.85. The maximum absolute atomic E-state index is 5.79. The second-order valence-corrected chi connectivity index (χ2v) is 5.25. The van der Waals surface area contributed by atoms with E-state index < -0.39 is 0 Å². The molecule has 0 aliphatic carbocycles. The van der Waals surface area contributed by atoms with Gasteiger partial charge in [-0.25, -0.2) is 0 Å². The third kappa shape index (κ3) is 3.98. The molecule has 1 aliphatic heterocycles. The highest BCUT2D eigenvalue weighted by atomic mass is 79.9. The van der Waals surface area contributed by atoms with E-state index in [9.17, 15) is 0 Å². The zero-order chi connectivity index (χ0) is 12.1. The highest BCUT2D eigenvalue weighted by Gasteiger charge is 2.13. The number of halogens is 1. The fourth-order valence-corrected chi connectivity index (χ4v) is 2.55. The second-order valence-electron chi connectivity index (χ2n) is 4.39. The van der Waals surface area contributed by atoms with Crippen LogP contribution in [0.1, 0.15) is 5.56 Å². The maximum Gasteiger partial charge on any atom is 0.137 e. The highest BCUT2D eigenvalue weighted by Crippen LogP contribution is 2.25. The lowest BCUT2D eigenvalue weighted by Crippen LogP contribution is -3.14. The van der Waals surface area contributed by atoms with Crippen molar-refractivity contribution < 1.29 is 14.4 Å². The molecule has 1 aromatic rings. The molecule has 0 amide bonds. The third-order valence-corrected chi connectivity index (χ3v) is 3.62. The Morgan fingerprint density at radius 3 is 2.82 bits per heavy atom. The number of rotatable bonds is 4. The van der Waals surface area contributed by atoms with E-state index in [2.05, 4.69) is 35.0 Å². The molecule has 1 aliphatic rings. The second kappa shape index (κ2) is 6.38. The molecule has 1 aromatic carbocycles. The molecular formula is C13H19BrNO2+. The van der Waals surface area contributed by atoms with Crippen molar-refractivity contribution in [2.24, 2.45) is 0 Å². The van der Waals surface area contributed by atoms with E-state index in [4.69, 9.17) is 9.47 Å². The molecule has 0 aromatic heterocycles. The quantitative estimate of drug-likeness (QED) is 0.898.